The van der Waals surface area contributed by atoms with Gasteiger partial charge in [-0.25, -0.2) is 0 Å². The van der Waals surface area contributed by atoms with Crippen LogP contribution < -0.4 is 10.9 Å². The van der Waals surface area contributed by atoms with Crippen LogP contribution >= 0.6 is 0 Å². The van der Waals surface area contributed by atoms with Crippen molar-refractivity contribution in [2.45, 2.75) is 12.3 Å². The molecule has 1 unspecified atom stereocenters. The van der Waals surface area contributed by atoms with Crippen molar-refractivity contribution in [3.8, 4) is 0 Å². The molecule has 0 amide bonds. The molecule has 1 saturated heterocycles. The van der Waals surface area contributed by atoms with Crippen molar-refractivity contribution in [3.05, 3.63) is 22.1 Å². The van der Waals surface area contributed by atoms with Gasteiger partial charge in [-0.1, -0.05) is 0 Å². The Morgan fingerprint density at radius 3 is 2.91 bits per heavy atom. The summed E-state index contributed by atoms with van der Waals surface area (Å²) in [6, 6.07) is 1.64. The normalized spacial score (nSPS) is 24.2. The van der Waals surface area contributed by atoms with Gasteiger partial charge in [0, 0.05) is 24.2 Å². The summed E-state index contributed by atoms with van der Waals surface area (Å²) in [6.07, 6.45) is 1.12. The lowest BCUT2D eigenvalue weighted by molar-refractivity contribution is 0.729. The lowest BCUT2D eigenvalue weighted by atomic mass is 10.1. The van der Waals surface area contributed by atoms with Crippen LogP contribution in [-0.2, 0) is 0 Å². The Kier molecular flexibility index (Phi) is 1.54. The van der Waals surface area contributed by atoms with Gasteiger partial charge in [0.2, 0.25) is 0 Å². The molecule has 2 heterocycles. The van der Waals surface area contributed by atoms with Gasteiger partial charge in [-0.2, -0.15) is 0 Å². The molecule has 3 N–H and O–H groups in total. The monoisotopic (exact) mass is 153 g/mol. The second kappa shape index (κ2) is 2.54. The minimum atomic E-state index is -0.0353. The third-order valence-electron chi connectivity index (χ3n) is 2.12. The molecule has 0 saturated carbocycles. The van der Waals surface area contributed by atoms with Gasteiger partial charge in [-0.3, -0.25) is 9.89 Å². The van der Waals surface area contributed by atoms with Crippen LogP contribution in [0.4, 0.5) is 0 Å². The first kappa shape index (κ1) is 6.67. The molecule has 1 atom stereocenters. The third-order valence-corrected chi connectivity index (χ3v) is 2.12. The molecule has 60 valence electrons. The topological polar surface area (TPSA) is 60.7 Å². The smallest absolute Gasteiger partial charge is 0.264 e. The predicted octanol–water partition coefficient (Wildman–Crippen LogP) is -0.220. The zero-order valence-corrected chi connectivity index (χ0v) is 6.18. The molecule has 1 aliphatic rings. The first-order chi connectivity index (χ1) is 5.36. The summed E-state index contributed by atoms with van der Waals surface area (Å²) in [5.41, 5.74) is 0.993. The summed E-state index contributed by atoms with van der Waals surface area (Å²) in [6.45, 7) is 2.03. The summed E-state index contributed by atoms with van der Waals surface area (Å²) in [5, 5.41) is 8.65. The molecule has 1 aromatic rings. The van der Waals surface area contributed by atoms with Crippen LogP contribution in [-0.4, -0.2) is 23.3 Å². The van der Waals surface area contributed by atoms with E-state index in [9.17, 15) is 4.79 Å². The van der Waals surface area contributed by atoms with Crippen molar-refractivity contribution in [2.75, 3.05) is 13.1 Å². The quantitative estimate of drug-likeness (QED) is 0.522. The molecule has 0 radical (unpaired) electrons. The lowest BCUT2D eigenvalue weighted by Crippen LogP contribution is -2.08. The first-order valence-corrected chi connectivity index (χ1v) is 3.84. The van der Waals surface area contributed by atoms with Crippen molar-refractivity contribution >= 4 is 0 Å². The molecule has 0 bridgehead atoms. The van der Waals surface area contributed by atoms with Crippen LogP contribution in [0.5, 0.6) is 0 Å². The van der Waals surface area contributed by atoms with E-state index in [0.717, 1.165) is 25.2 Å². The zero-order chi connectivity index (χ0) is 7.68. The van der Waals surface area contributed by atoms with Crippen LogP contribution in [0, 0.1) is 0 Å². The molecule has 2 rings (SSSR count). The van der Waals surface area contributed by atoms with Crippen molar-refractivity contribution < 1.29 is 0 Å². The van der Waals surface area contributed by atoms with E-state index in [2.05, 4.69) is 15.5 Å². The van der Waals surface area contributed by atoms with E-state index in [1.54, 1.807) is 6.07 Å². The van der Waals surface area contributed by atoms with Gasteiger partial charge in [-0.05, 0) is 13.0 Å². The minimum Gasteiger partial charge on any atom is -0.316 e. The van der Waals surface area contributed by atoms with Gasteiger partial charge < -0.3 is 10.4 Å². The maximum Gasteiger partial charge on any atom is 0.264 e. The fourth-order valence-electron chi connectivity index (χ4n) is 1.49. The highest BCUT2D eigenvalue weighted by Crippen LogP contribution is 2.17. The minimum absolute atomic E-state index is 0.0353. The average Bonchev–Trinajstić information content (AvgIpc) is 2.55. The summed E-state index contributed by atoms with van der Waals surface area (Å²) >= 11 is 0. The van der Waals surface area contributed by atoms with Crippen LogP contribution in [0.3, 0.4) is 0 Å². The first-order valence-electron chi connectivity index (χ1n) is 3.84. The van der Waals surface area contributed by atoms with E-state index in [1.807, 2.05) is 0 Å². The Balaban J connectivity index is 2.21. The van der Waals surface area contributed by atoms with E-state index in [1.165, 1.54) is 0 Å². The van der Waals surface area contributed by atoms with E-state index < -0.39 is 0 Å². The molecule has 1 aliphatic heterocycles. The van der Waals surface area contributed by atoms with Crippen molar-refractivity contribution in [1.82, 2.24) is 15.5 Å². The van der Waals surface area contributed by atoms with Gasteiger partial charge in [-0.15, -0.1) is 0 Å². The zero-order valence-electron chi connectivity index (χ0n) is 6.18. The van der Waals surface area contributed by atoms with Crippen molar-refractivity contribution in [1.29, 1.82) is 0 Å². The molecule has 0 aromatic carbocycles. The molecule has 11 heavy (non-hydrogen) atoms. The van der Waals surface area contributed by atoms with Gasteiger partial charge in [0.05, 0.1) is 0 Å². The molecule has 1 aromatic heterocycles. The van der Waals surface area contributed by atoms with E-state index >= 15 is 0 Å². The van der Waals surface area contributed by atoms with Crippen LogP contribution in [0.15, 0.2) is 10.9 Å². The Morgan fingerprint density at radius 1 is 1.45 bits per heavy atom. The number of H-pyrrole nitrogens is 2. The molecule has 0 aliphatic carbocycles. The van der Waals surface area contributed by atoms with E-state index in [4.69, 9.17) is 0 Å². The molecule has 0 spiro atoms. The number of aromatic nitrogens is 2. The summed E-state index contributed by atoms with van der Waals surface area (Å²) in [4.78, 5) is 10.7. The Morgan fingerprint density at radius 2 is 2.36 bits per heavy atom. The highest BCUT2D eigenvalue weighted by Gasteiger charge is 2.17. The second-order valence-electron chi connectivity index (χ2n) is 2.90. The molecular weight excluding hydrogens is 142 g/mol. The molecule has 4 heteroatoms. The largest absolute Gasteiger partial charge is 0.316 e. The van der Waals surface area contributed by atoms with Gasteiger partial charge in [0.1, 0.15) is 0 Å². The highest BCUT2D eigenvalue weighted by atomic mass is 16.1. The molecule has 4 nitrogen and oxygen atoms in total. The highest BCUT2D eigenvalue weighted by molar-refractivity contribution is 5.08. The SMILES string of the molecule is O=c1cc(C2CCNC2)[nH][nH]1. The lowest BCUT2D eigenvalue weighted by Gasteiger charge is -2.02. The standard InChI is InChI=1S/C7H11N3O/c11-7-3-6(9-10-7)5-1-2-8-4-5/h3,5,8H,1-2,4H2,(H2,9,10,11). The van der Waals surface area contributed by atoms with Gasteiger partial charge in [0.25, 0.3) is 5.56 Å². The Bertz CT molecular complexity index is 282. The number of aromatic amines is 2. The Labute approximate surface area is 64.0 Å². The van der Waals surface area contributed by atoms with Gasteiger partial charge in [0.15, 0.2) is 0 Å². The fourth-order valence-corrected chi connectivity index (χ4v) is 1.49. The molecule has 1 fully saturated rings. The number of nitrogens with one attached hydrogen (secondary N) is 3. The number of hydrogen-bond donors (Lipinski definition) is 3. The van der Waals surface area contributed by atoms with E-state index in [0.29, 0.717) is 5.92 Å². The van der Waals surface area contributed by atoms with Crippen LogP contribution in [0.2, 0.25) is 0 Å². The number of rotatable bonds is 1. The van der Waals surface area contributed by atoms with Crippen molar-refractivity contribution in [2.24, 2.45) is 0 Å². The van der Waals surface area contributed by atoms with Crippen LogP contribution in [0.1, 0.15) is 18.0 Å². The van der Waals surface area contributed by atoms with Crippen LogP contribution in [0.25, 0.3) is 0 Å². The maximum absolute atomic E-state index is 10.7. The summed E-state index contributed by atoms with van der Waals surface area (Å²) < 4.78 is 0. The van der Waals surface area contributed by atoms with E-state index in [-0.39, 0.29) is 5.56 Å². The number of hydrogen-bond acceptors (Lipinski definition) is 2. The predicted molar refractivity (Wildman–Crippen MR) is 41.6 cm³/mol. The second-order valence-corrected chi connectivity index (χ2v) is 2.90. The Hall–Kier alpha value is -1.03. The molecular formula is C7H11N3O. The maximum atomic E-state index is 10.7. The summed E-state index contributed by atoms with van der Waals surface area (Å²) in [5.74, 6) is 0.494. The average molecular weight is 153 g/mol. The summed E-state index contributed by atoms with van der Waals surface area (Å²) in [7, 11) is 0. The third kappa shape index (κ3) is 1.21. The van der Waals surface area contributed by atoms with Crippen molar-refractivity contribution in [3.63, 3.8) is 0 Å². The van der Waals surface area contributed by atoms with Gasteiger partial charge >= 0.3 is 0 Å². The fraction of sp³-hybridized carbons (Fsp3) is 0.571.